The molecule has 4 rings (SSSR count). The number of nitrogens with one attached hydrogen (secondary N) is 1. The fourth-order valence-corrected chi connectivity index (χ4v) is 6.48. The van der Waals surface area contributed by atoms with Crippen molar-refractivity contribution in [1.29, 1.82) is 0 Å². The maximum Gasteiger partial charge on any atom is 0.228 e. The highest BCUT2D eigenvalue weighted by Crippen LogP contribution is 2.28. The van der Waals surface area contributed by atoms with E-state index < -0.39 is 9.84 Å². The lowest BCUT2D eigenvalue weighted by atomic mass is 10.1. The van der Waals surface area contributed by atoms with E-state index >= 15 is 0 Å². The van der Waals surface area contributed by atoms with Gasteiger partial charge in [0.05, 0.1) is 29.9 Å². The van der Waals surface area contributed by atoms with Crippen LogP contribution in [-0.4, -0.2) is 58.6 Å². The minimum Gasteiger partial charge on any atom is -0.383 e. The molecule has 160 valence electrons. The Kier molecular flexibility index (Phi) is 6.36. The van der Waals surface area contributed by atoms with Gasteiger partial charge < -0.3 is 9.30 Å². The Morgan fingerprint density at radius 1 is 1.21 bits per heavy atom. The van der Waals surface area contributed by atoms with Gasteiger partial charge in [0.2, 0.25) is 15.0 Å². The molecule has 0 bridgehead atoms. The predicted octanol–water partition coefficient (Wildman–Crippen LogP) is 2.31. The molecule has 2 aliphatic rings. The van der Waals surface area contributed by atoms with Gasteiger partial charge in [-0.3, -0.25) is 10.00 Å². The van der Waals surface area contributed by atoms with Gasteiger partial charge in [0.25, 0.3) is 0 Å². The number of nitrogens with zero attached hydrogens (tertiary/aromatic N) is 4. The Bertz CT molecular complexity index is 912. The number of H-pyrrole nitrogens is 1. The van der Waals surface area contributed by atoms with Crippen LogP contribution in [0, 0.1) is 0 Å². The molecule has 0 amide bonds. The van der Waals surface area contributed by atoms with E-state index in [1.54, 1.807) is 13.3 Å². The molecule has 0 atom stereocenters. The zero-order valence-corrected chi connectivity index (χ0v) is 18.0. The highest BCUT2D eigenvalue weighted by molar-refractivity contribution is 7.91. The van der Waals surface area contributed by atoms with Crippen molar-refractivity contribution >= 4 is 9.84 Å². The van der Waals surface area contributed by atoms with Crippen LogP contribution >= 0.6 is 0 Å². The van der Waals surface area contributed by atoms with Gasteiger partial charge in [-0.15, -0.1) is 0 Å². The first-order valence-electron chi connectivity index (χ1n) is 10.6. The van der Waals surface area contributed by atoms with E-state index in [1.807, 2.05) is 10.8 Å². The lowest BCUT2D eigenvalue weighted by molar-refractivity contribution is 0.180. The molecule has 8 nitrogen and oxygen atoms in total. The molecule has 3 heterocycles. The summed E-state index contributed by atoms with van der Waals surface area (Å²) < 4.78 is 33.9. The lowest BCUT2D eigenvalue weighted by Crippen LogP contribution is -2.31. The molecule has 1 saturated carbocycles. The van der Waals surface area contributed by atoms with Gasteiger partial charge in [0.15, 0.2) is 0 Å². The molecule has 0 radical (unpaired) electrons. The van der Waals surface area contributed by atoms with Crippen LogP contribution in [0.1, 0.15) is 55.5 Å². The van der Waals surface area contributed by atoms with Gasteiger partial charge in [-0.05, 0) is 12.8 Å². The maximum absolute atomic E-state index is 13.4. The van der Waals surface area contributed by atoms with E-state index in [9.17, 15) is 8.42 Å². The highest BCUT2D eigenvalue weighted by atomic mass is 32.2. The molecule has 1 N–H and O–H groups in total. The maximum atomic E-state index is 13.4. The van der Waals surface area contributed by atoms with Crippen molar-refractivity contribution in [2.24, 2.45) is 0 Å². The quantitative estimate of drug-likeness (QED) is 0.690. The Hall–Kier alpha value is -1.71. The first-order chi connectivity index (χ1) is 14.1. The van der Waals surface area contributed by atoms with Crippen LogP contribution < -0.4 is 0 Å². The van der Waals surface area contributed by atoms with Crippen molar-refractivity contribution in [3.8, 4) is 0 Å². The fourth-order valence-electron chi connectivity index (χ4n) is 4.51. The summed E-state index contributed by atoms with van der Waals surface area (Å²) in [7, 11) is -1.80. The third-order valence-corrected chi connectivity index (χ3v) is 8.37. The number of sulfone groups is 1. The Morgan fingerprint density at radius 2 is 2.00 bits per heavy atom. The largest absolute Gasteiger partial charge is 0.383 e. The van der Waals surface area contributed by atoms with E-state index in [1.165, 1.54) is 11.3 Å². The van der Waals surface area contributed by atoms with Crippen LogP contribution in [0.15, 0.2) is 17.6 Å². The van der Waals surface area contributed by atoms with E-state index in [0.717, 1.165) is 63.7 Å². The Morgan fingerprint density at radius 3 is 2.76 bits per heavy atom. The summed E-state index contributed by atoms with van der Waals surface area (Å²) in [6.07, 6.45) is 10.2. The van der Waals surface area contributed by atoms with Crippen LogP contribution in [0.4, 0.5) is 0 Å². The van der Waals surface area contributed by atoms with Crippen LogP contribution in [-0.2, 0) is 40.6 Å². The molecule has 9 heteroatoms. The molecule has 0 unspecified atom stereocenters. The molecular formula is C20H31N5O3S. The molecule has 29 heavy (non-hydrogen) atoms. The minimum atomic E-state index is -3.44. The average Bonchev–Trinajstić information content (AvgIpc) is 3.24. The van der Waals surface area contributed by atoms with Gasteiger partial charge in [-0.2, -0.15) is 5.10 Å². The molecule has 2 aromatic rings. The van der Waals surface area contributed by atoms with E-state index in [2.05, 4.69) is 20.1 Å². The smallest absolute Gasteiger partial charge is 0.228 e. The zero-order chi connectivity index (χ0) is 20.3. The zero-order valence-electron chi connectivity index (χ0n) is 17.1. The van der Waals surface area contributed by atoms with Crippen LogP contribution in [0.2, 0.25) is 0 Å². The number of aromatic amines is 1. The SMILES string of the molecule is COCCn1c(CN2CCc3[nH]ncc3C2)cnc1S(=O)(=O)C1CCCCCC1. The second-order valence-corrected chi connectivity index (χ2v) is 10.3. The number of imidazole rings is 1. The third-order valence-electron chi connectivity index (χ3n) is 6.18. The molecule has 0 saturated heterocycles. The average molecular weight is 422 g/mol. The molecule has 2 aromatic heterocycles. The van der Waals surface area contributed by atoms with Gasteiger partial charge in [0, 0.05) is 51.0 Å². The summed E-state index contributed by atoms with van der Waals surface area (Å²) in [5.41, 5.74) is 3.34. The number of hydrogen-bond acceptors (Lipinski definition) is 6. The molecule has 0 spiro atoms. The van der Waals surface area contributed by atoms with Gasteiger partial charge in [0.1, 0.15) is 0 Å². The molecule has 1 fully saturated rings. The second kappa shape index (κ2) is 8.97. The van der Waals surface area contributed by atoms with Gasteiger partial charge in [-0.25, -0.2) is 13.4 Å². The fraction of sp³-hybridized carbons (Fsp3) is 0.700. The minimum absolute atomic E-state index is 0.220. The van der Waals surface area contributed by atoms with Gasteiger partial charge >= 0.3 is 0 Å². The summed E-state index contributed by atoms with van der Waals surface area (Å²) >= 11 is 0. The van der Waals surface area contributed by atoms with E-state index in [0.29, 0.717) is 19.7 Å². The topological polar surface area (TPSA) is 93.1 Å². The molecule has 0 aromatic carbocycles. The van der Waals surface area contributed by atoms with Crippen molar-refractivity contribution in [2.45, 2.75) is 75.0 Å². The lowest BCUT2D eigenvalue weighted by Gasteiger charge is -2.26. The van der Waals surface area contributed by atoms with Crippen molar-refractivity contribution in [1.82, 2.24) is 24.6 Å². The third kappa shape index (κ3) is 4.41. The summed E-state index contributed by atoms with van der Waals surface area (Å²) in [4.78, 5) is 6.74. The number of rotatable bonds is 7. The Labute approximate surface area is 172 Å². The number of fused-ring (bicyclic) bond motifs is 1. The summed E-state index contributed by atoms with van der Waals surface area (Å²) in [5, 5.41) is 7.10. The number of methoxy groups -OCH3 is 1. The number of aromatic nitrogens is 4. The number of hydrogen-bond donors (Lipinski definition) is 1. The standard InChI is InChI=1S/C20H31N5O3S/c1-28-11-10-25-17(15-24-9-8-19-16(14-24)12-22-23-19)13-21-20(25)29(26,27)18-6-4-2-3-5-7-18/h12-13,18H,2-11,14-15H2,1H3,(H,22,23). The number of ether oxygens (including phenoxy) is 1. The summed E-state index contributed by atoms with van der Waals surface area (Å²) in [5.74, 6) is 0. The van der Waals surface area contributed by atoms with E-state index in [-0.39, 0.29) is 10.4 Å². The first kappa shape index (κ1) is 20.6. The van der Waals surface area contributed by atoms with Crippen LogP contribution in [0.3, 0.4) is 0 Å². The van der Waals surface area contributed by atoms with E-state index in [4.69, 9.17) is 4.74 Å². The van der Waals surface area contributed by atoms with Crippen LogP contribution in [0.5, 0.6) is 0 Å². The van der Waals surface area contributed by atoms with Crippen molar-refractivity contribution in [3.05, 3.63) is 29.3 Å². The predicted molar refractivity (Wildman–Crippen MR) is 109 cm³/mol. The summed E-state index contributed by atoms with van der Waals surface area (Å²) in [6.45, 7) is 3.35. The monoisotopic (exact) mass is 421 g/mol. The van der Waals surface area contributed by atoms with Crippen molar-refractivity contribution in [2.75, 3.05) is 20.3 Å². The normalized spacial score (nSPS) is 19.2. The van der Waals surface area contributed by atoms with Crippen molar-refractivity contribution < 1.29 is 13.2 Å². The van der Waals surface area contributed by atoms with Crippen molar-refractivity contribution in [3.63, 3.8) is 0 Å². The first-order valence-corrected chi connectivity index (χ1v) is 12.1. The van der Waals surface area contributed by atoms with Crippen LogP contribution in [0.25, 0.3) is 0 Å². The molecule has 1 aliphatic carbocycles. The summed E-state index contributed by atoms with van der Waals surface area (Å²) in [6, 6.07) is 0. The molecule has 1 aliphatic heterocycles. The van der Waals surface area contributed by atoms with Gasteiger partial charge in [-0.1, -0.05) is 25.7 Å². The Balaban J connectivity index is 1.57. The highest BCUT2D eigenvalue weighted by Gasteiger charge is 2.33. The molecular weight excluding hydrogens is 390 g/mol. The second-order valence-electron chi connectivity index (χ2n) is 8.17.